The highest BCUT2D eigenvalue weighted by Crippen LogP contribution is 2.19. The highest BCUT2D eigenvalue weighted by Gasteiger charge is 2.20. The molecule has 31 heavy (non-hydrogen) atoms. The zero-order valence-corrected chi connectivity index (χ0v) is 17.2. The molecule has 0 spiro atoms. The number of benzene rings is 2. The van der Waals surface area contributed by atoms with E-state index in [9.17, 15) is 14.4 Å². The van der Waals surface area contributed by atoms with Crippen molar-refractivity contribution in [3.8, 4) is 0 Å². The lowest BCUT2D eigenvalue weighted by atomic mass is 10.1. The van der Waals surface area contributed by atoms with Gasteiger partial charge in [-0.25, -0.2) is 13.9 Å². The van der Waals surface area contributed by atoms with Crippen molar-refractivity contribution in [3.63, 3.8) is 0 Å². The Morgan fingerprint density at radius 1 is 1.10 bits per heavy atom. The first kappa shape index (κ1) is 19.3. The standard InChI is InChI=1S/C23H23N5O3/c1-26-21(30)18-12-11-16(20(29)24-17-9-5-6-10-17)13-19(18)28-22(26)25-27(23(28)31)14-15-7-3-2-4-8-15/h2-4,7-8,11-13,17H,5-6,9-10,14H2,1H3,(H,24,29). The molecule has 1 aliphatic carbocycles. The third-order valence-corrected chi connectivity index (χ3v) is 6.02. The average molecular weight is 417 g/mol. The number of rotatable bonds is 4. The van der Waals surface area contributed by atoms with E-state index in [4.69, 9.17) is 0 Å². The smallest absolute Gasteiger partial charge is 0.349 e. The summed E-state index contributed by atoms with van der Waals surface area (Å²) in [6.45, 7) is 0.291. The van der Waals surface area contributed by atoms with E-state index in [1.54, 1.807) is 25.2 Å². The maximum absolute atomic E-state index is 13.2. The van der Waals surface area contributed by atoms with Crippen molar-refractivity contribution in [1.29, 1.82) is 0 Å². The van der Waals surface area contributed by atoms with Gasteiger partial charge in [-0.05, 0) is 36.6 Å². The van der Waals surface area contributed by atoms with Crippen LogP contribution in [0.25, 0.3) is 16.7 Å². The summed E-state index contributed by atoms with van der Waals surface area (Å²) in [6, 6.07) is 14.6. The second-order valence-electron chi connectivity index (χ2n) is 8.11. The van der Waals surface area contributed by atoms with E-state index >= 15 is 0 Å². The Labute approximate surface area is 177 Å². The summed E-state index contributed by atoms with van der Waals surface area (Å²) in [7, 11) is 1.59. The summed E-state index contributed by atoms with van der Waals surface area (Å²) >= 11 is 0. The Morgan fingerprint density at radius 2 is 1.84 bits per heavy atom. The van der Waals surface area contributed by atoms with Gasteiger partial charge >= 0.3 is 5.69 Å². The maximum atomic E-state index is 13.2. The zero-order valence-electron chi connectivity index (χ0n) is 17.2. The molecule has 8 heteroatoms. The number of amides is 1. The Hall–Kier alpha value is -3.68. The number of fused-ring (bicyclic) bond motifs is 3. The number of hydrogen-bond donors (Lipinski definition) is 1. The molecule has 0 saturated heterocycles. The van der Waals surface area contributed by atoms with Gasteiger partial charge in [-0.15, -0.1) is 5.10 Å². The molecule has 8 nitrogen and oxygen atoms in total. The van der Waals surface area contributed by atoms with E-state index in [1.807, 2.05) is 30.3 Å². The van der Waals surface area contributed by atoms with Gasteiger partial charge in [-0.3, -0.25) is 14.2 Å². The summed E-state index contributed by atoms with van der Waals surface area (Å²) in [4.78, 5) is 38.9. The normalized spacial score (nSPS) is 14.5. The molecule has 1 saturated carbocycles. The highest BCUT2D eigenvalue weighted by atomic mass is 16.2. The molecule has 158 valence electrons. The molecule has 0 unspecified atom stereocenters. The van der Waals surface area contributed by atoms with Crippen LogP contribution in [0.4, 0.5) is 0 Å². The topological polar surface area (TPSA) is 90.4 Å². The van der Waals surface area contributed by atoms with Gasteiger partial charge in [-0.2, -0.15) is 0 Å². The number of hydrogen-bond acceptors (Lipinski definition) is 4. The molecule has 5 rings (SSSR count). The number of nitrogens with one attached hydrogen (secondary N) is 1. The Morgan fingerprint density at radius 3 is 2.58 bits per heavy atom. The minimum absolute atomic E-state index is 0.184. The predicted molar refractivity (Wildman–Crippen MR) is 117 cm³/mol. The van der Waals surface area contributed by atoms with Crippen molar-refractivity contribution in [2.75, 3.05) is 0 Å². The van der Waals surface area contributed by atoms with Crippen LogP contribution >= 0.6 is 0 Å². The number of aryl methyl sites for hydroxylation is 1. The molecule has 1 N–H and O–H groups in total. The fraction of sp³-hybridized carbons (Fsp3) is 0.304. The third kappa shape index (κ3) is 3.34. The van der Waals surface area contributed by atoms with Gasteiger partial charge in [-0.1, -0.05) is 43.2 Å². The molecule has 0 atom stereocenters. The Balaban J connectivity index is 1.65. The minimum atomic E-state index is -0.354. The molecule has 0 aliphatic heterocycles. The summed E-state index contributed by atoms with van der Waals surface area (Å²) in [6.07, 6.45) is 4.20. The summed E-state index contributed by atoms with van der Waals surface area (Å²) in [5, 5.41) is 7.83. The van der Waals surface area contributed by atoms with Crippen LogP contribution in [0.2, 0.25) is 0 Å². The van der Waals surface area contributed by atoms with Crippen LogP contribution in [-0.4, -0.2) is 30.7 Å². The molecule has 1 fully saturated rings. The zero-order chi connectivity index (χ0) is 21.5. The predicted octanol–water partition coefficient (Wildman–Crippen LogP) is 2.07. The lowest BCUT2D eigenvalue weighted by Gasteiger charge is -2.12. The van der Waals surface area contributed by atoms with Crippen LogP contribution in [0.15, 0.2) is 58.1 Å². The molecule has 2 heterocycles. The monoisotopic (exact) mass is 417 g/mol. The van der Waals surface area contributed by atoms with Crippen LogP contribution in [0.5, 0.6) is 0 Å². The van der Waals surface area contributed by atoms with Crippen LogP contribution < -0.4 is 16.6 Å². The van der Waals surface area contributed by atoms with Gasteiger partial charge in [0.15, 0.2) is 0 Å². The van der Waals surface area contributed by atoms with Crippen molar-refractivity contribution in [2.45, 2.75) is 38.3 Å². The number of carbonyl (C=O) groups excluding carboxylic acids is 1. The molecule has 4 aromatic rings. The van der Waals surface area contributed by atoms with Crippen molar-refractivity contribution in [3.05, 3.63) is 80.5 Å². The van der Waals surface area contributed by atoms with Crippen LogP contribution in [0.1, 0.15) is 41.6 Å². The second-order valence-corrected chi connectivity index (χ2v) is 8.11. The molecule has 1 aliphatic rings. The van der Waals surface area contributed by atoms with Gasteiger partial charge in [0.2, 0.25) is 5.78 Å². The molecule has 0 radical (unpaired) electrons. The van der Waals surface area contributed by atoms with Gasteiger partial charge in [0.25, 0.3) is 11.5 Å². The lowest BCUT2D eigenvalue weighted by molar-refractivity contribution is 0.0938. The number of aromatic nitrogens is 4. The highest BCUT2D eigenvalue weighted by molar-refractivity contribution is 5.98. The van der Waals surface area contributed by atoms with E-state index < -0.39 is 0 Å². The fourth-order valence-electron chi connectivity index (χ4n) is 4.33. The van der Waals surface area contributed by atoms with E-state index in [0.717, 1.165) is 31.2 Å². The summed E-state index contributed by atoms with van der Waals surface area (Å²) in [5.74, 6) is 0.0548. The first-order chi connectivity index (χ1) is 15.0. The van der Waals surface area contributed by atoms with E-state index in [1.165, 1.54) is 13.6 Å². The third-order valence-electron chi connectivity index (χ3n) is 6.02. The van der Waals surface area contributed by atoms with Gasteiger partial charge < -0.3 is 5.32 Å². The molecular weight excluding hydrogens is 394 g/mol. The van der Waals surface area contributed by atoms with Crippen molar-refractivity contribution in [1.82, 2.24) is 24.1 Å². The molecule has 0 bridgehead atoms. The van der Waals surface area contributed by atoms with Crippen LogP contribution in [0.3, 0.4) is 0 Å². The maximum Gasteiger partial charge on any atom is 0.352 e. The van der Waals surface area contributed by atoms with Gasteiger partial charge in [0.05, 0.1) is 17.4 Å². The minimum Gasteiger partial charge on any atom is -0.349 e. The molecule has 2 aromatic carbocycles. The molecule has 1 amide bonds. The van der Waals surface area contributed by atoms with Crippen LogP contribution in [0, 0.1) is 0 Å². The van der Waals surface area contributed by atoms with E-state index in [2.05, 4.69) is 10.4 Å². The summed E-state index contributed by atoms with van der Waals surface area (Å²) < 4.78 is 4.12. The number of nitrogens with zero attached hydrogens (tertiary/aromatic N) is 4. The van der Waals surface area contributed by atoms with E-state index in [-0.39, 0.29) is 29.0 Å². The quantitative estimate of drug-likeness (QED) is 0.550. The summed E-state index contributed by atoms with van der Waals surface area (Å²) in [5.41, 5.74) is 1.13. The SMILES string of the molecule is Cn1c(=O)c2ccc(C(=O)NC3CCCC3)cc2n2c(=O)n(Cc3ccccc3)nc12. The molecular formula is C23H23N5O3. The molecule has 2 aromatic heterocycles. The first-order valence-electron chi connectivity index (χ1n) is 10.5. The van der Waals surface area contributed by atoms with Crippen molar-refractivity contribution >= 4 is 22.6 Å². The lowest BCUT2D eigenvalue weighted by Crippen LogP contribution is -2.32. The van der Waals surface area contributed by atoms with Gasteiger partial charge in [0, 0.05) is 18.7 Å². The Kier molecular flexibility index (Phi) is 4.69. The van der Waals surface area contributed by atoms with E-state index in [0.29, 0.717) is 23.0 Å². The largest absolute Gasteiger partial charge is 0.352 e. The fourth-order valence-corrected chi connectivity index (χ4v) is 4.33. The number of carbonyl (C=O) groups is 1. The van der Waals surface area contributed by atoms with Gasteiger partial charge in [0.1, 0.15) is 0 Å². The Bertz CT molecular complexity index is 1410. The van der Waals surface area contributed by atoms with Crippen molar-refractivity contribution in [2.24, 2.45) is 7.05 Å². The second kappa shape index (κ2) is 7.54. The van der Waals surface area contributed by atoms with Crippen LogP contribution in [-0.2, 0) is 13.6 Å². The van der Waals surface area contributed by atoms with Crippen molar-refractivity contribution < 1.29 is 4.79 Å². The average Bonchev–Trinajstić information content (AvgIpc) is 3.40. The first-order valence-corrected chi connectivity index (χ1v) is 10.5.